The Balaban J connectivity index is 2.60. The van der Waals surface area contributed by atoms with Crippen molar-refractivity contribution in [3.8, 4) is 0 Å². The van der Waals surface area contributed by atoms with Gasteiger partial charge in [-0.2, -0.15) is 0 Å². The molecule has 0 bridgehead atoms. The molecular formula is C32H55N5O7. The number of cyclic esters (lactones) is 1. The highest BCUT2D eigenvalue weighted by atomic mass is 16.5. The summed E-state index contributed by atoms with van der Waals surface area (Å²) in [6.45, 7) is 15.2. The lowest BCUT2D eigenvalue weighted by atomic mass is 9.92. The van der Waals surface area contributed by atoms with Gasteiger partial charge in [0.15, 0.2) is 6.10 Å². The minimum absolute atomic E-state index is 0.0284. The molecule has 5 amide bonds. The Kier molecular flexibility index (Phi) is 13.6. The van der Waals surface area contributed by atoms with Gasteiger partial charge in [-0.05, 0) is 43.4 Å². The number of hydrogen-bond acceptors (Lipinski definition) is 7. The molecule has 2 aliphatic heterocycles. The largest absolute Gasteiger partial charge is 0.452 e. The average Bonchev–Trinajstić information content (AvgIpc) is 3.37. The second kappa shape index (κ2) is 16.2. The molecule has 0 aromatic heterocycles. The van der Waals surface area contributed by atoms with Gasteiger partial charge in [-0.3, -0.25) is 28.8 Å². The van der Waals surface area contributed by atoms with Crippen LogP contribution in [0.15, 0.2) is 0 Å². The molecule has 0 aromatic rings. The minimum atomic E-state index is -1.09. The van der Waals surface area contributed by atoms with Crippen molar-refractivity contribution in [2.45, 2.75) is 118 Å². The Morgan fingerprint density at radius 1 is 0.841 bits per heavy atom. The number of nitrogens with one attached hydrogen (secondary N) is 2. The van der Waals surface area contributed by atoms with Crippen LogP contribution in [0.2, 0.25) is 0 Å². The molecule has 0 aromatic carbocycles. The molecule has 44 heavy (non-hydrogen) atoms. The highest BCUT2D eigenvalue weighted by Gasteiger charge is 2.45. The number of likely N-dealkylation sites (N-methyl/N-ethyl adjacent to an activating group) is 2. The van der Waals surface area contributed by atoms with Gasteiger partial charge in [0, 0.05) is 27.2 Å². The summed E-state index contributed by atoms with van der Waals surface area (Å²) in [6, 6.07) is -3.56. The lowest BCUT2D eigenvalue weighted by molar-refractivity contribution is -0.162. The SMILES string of the molecule is CCC(C)C1C(=O)N(C)[C@@H](C)C(=O)NCCC(=O)O[C@H](CC(C)C)C(=O)N2CC[C@H](C)[C@H]2C(=O)N[C@@H](C(C)CC)C(=O)N1C. The van der Waals surface area contributed by atoms with Crippen LogP contribution in [0.4, 0.5) is 0 Å². The molecule has 2 saturated heterocycles. The van der Waals surface area contributed by atoms with Crippen molar-refractivity contribution in [1.29, 1.82) is 0 Å². The number of amides is 5. The summed E-state index contributed by atoms with van der Waals surface area (Å²) in [5.74, 6) is -3.48. The first-order valence-electron chi connectivity index (χ1n) is 16.2. The molecule has 0 spiro atoms. The van der Waals surface area contributed by atoms with Crippen LogP contribution in [0.3, 0.4) is 0 Å². The topological polar surface area (TPSA) is 145 Å². The number of carbonyl (C=O) groups is 6. The van der Waals surface area contributed by atoms with E-state index < -0.39 is 65.8 Å². The molecule has 0 radical (unpaired) electrons. The van der Waals surface area contributed by atoms with E-state index in [1.165, 1.54) is 21.7 Å². The van der Waals surface area contributed by atoms with Crippen LogP contribution in [0.1, 0.15) is 87.5 Å². The van der Waals surface area contributed by atoms with Gasteiger partial charge in [0.05, 0.1) is 6.42 Å². The molecule has 12 nitrogen and oxygen atoms in total. The maximum atomic E-state index is 14.1. The Morgan fingerprint density at radius 3 is 2.02 bits per heavy atom. The third-order valence-electron chi connectivity index (χ3n) is 9.40. The molecule has 2 rings (SSSR count). The second-order valence-corrected chi connectivity index (χ2v) is 13.2. The predicted octanol–water partition coefficient (Wildman–Crippen LogP) is 1.95. The lowest BCUT2D eigenvalue weighted by Gasteiger charge is -2.39. The van der Waals surface area contributed by atoms with Crippen molar-refractivity contribution in [2.24, 2.45) is 23.7 Å². The Bertz CT molecular complexity index is 1070. The maximum absolute atomic E-state index is 14.1. The zero-order chi connectivity index (χ0) is 33.5. The number of rotatable bonds is 6. The maximum Gasteiger partial charge on any atom is 0.308 e. The van der Waals surface area contributed by atoms with Crippen molar-refractivity contribution in [3.05, 3.63) is 0 Å². The van der Waals surface area contributed by atoms with Crippen molar-refractivity contribution in [3.63, 3.8) is 0 Å². The minimum Gasteiger partial charge on any atom is -0.452 e. The highest BCUT2D eigenvalue weighted by molar-refractivity contribution is 5.96. The Morgan fingerprint density at radius 2 is 1.45 bits per heavy atom. The lowest BCUT2D eigenvalue weighted by Crippen LogP contribution is -2.61. The molecule has 8 atom stereocenters. The van der Waals surface area contributed by atoms with Gasteiger partial charge in [0.2, 0.25) is 23.6 Å². The quantitative estimate of drug-likeness (QED) is 0.431. The van der Waals surface area contributed by atoms with Gasteiger partial charge < -0.3 is 30.1 Å². The summed E-state index contributed by atoms with van der Waals surface area (Å²) in [5, 5.41) is 5.63. The predicted molar refractivity (Wildman–Crippen MR) is 166 cm³/mol. The number of fused-ring (bicyclic) bond motifs is 1. The van der Waals surface area contributed by atoms with E-state index in [0.29, 0.717) is 25.8 Å². The van der Waals surface area contributed by atoms with Crippen molar-refractivity contribution < 1.29 is 33.5 Å². The van der Waals surface area contributed by atoms with E-state index in [1.807, 2.05) is 48.5 Å². The van der Waals surface area contributed by atoms with E-state index in [-0.39, 0.29) is 43.1 Å². The van der Waals surface area contributed by atoms with Crippen LogP contribution in [-0.2, 0) is 33.5 Å². The summed E-state index contributed by atoms with van der Waals surface area (Å²) in [4.78, 5) is 85.7. The van der Waals surface area contributed by atoms with E-state index in [9.17, 15) is 28.8 Å². The average molecular weight is 622 g/mol. The van der Waals surface area contributed by atoms with Crippen molar-refractivity contribution >= 4 is 35.5 Å². The smallest absolute Gasteiger partial charge is 0.308 e. The van der Waals surface area contributed by atoms with E-state index in [1.54, 1.807) is 14.0 Å². The van der Waals surface area contributed by atoms with Gasteiger partial charge in [-0.1, -0.05) is 61.3 Å². The van der Waals surface area contributed by atoms with Crippen LogP contribution in [0, 0.1) is 23.7 Å². The third kappa shape index (κ3) is 8.72. The van der Waals surface area contributed by atoms with Crippen LogP contribution >= 0.6 is 0 Å². The number of nitrogens with zero attached hydrogens (tertiary/aromatic N) is 3. The third-order valence-corrected chi connectivity index (χ3v) is 9.40. The van der Waals surface area contributed by atoms with E-state index in [0.717, 1.165) is 0 Å². The second-order valence-electron chi connectivity index (χ2n) is 13.2. The Hall–Kier alpha value is -3.18. The zero-order valence-corrected chi connectivity index (χ0v) is 28.3. The van der Waals surface area contributed by atoms with Gasteiger partial charge in [-0.15, -0.1) is 0 Å². The van der Waals surface area contributed by atoms with Gasteiger partial charge in [0.25, 0.3) is 5.91 Å². The zero-order valence-electron chi connectivity index (χ0n) is 28.3. The molecule has 2 fully saturated rings. The van der Waals surface area contributed by atoms with Gasteiger partial charge in [0.1, 0.15) is 24.2 Å². The molecular weight excluding hydrogens is 566 g/mol. The molecule has 2 aliphatic rings. The highest BCUT2D eigenvalue weighted by Crippen LogP contribution is 2.28. The molecule has 250 valence electrons. The summed E-state index contributed by atoms with van der Waals surface area (Å²) in [6.07, 6.45) is 0.781. The monoisotopic (exact) mass is 621 g/mol. The molecule has 0 saturated carbocycles. The van der Waals surface area contributed by atoms with E-state index >= 15 is 0 Å². The fourth-order valence-electron chi connectivity index (χ4n) is 5.93. The number of esters is 1. The van der Waals surface area contributed by atoms with Crippen LogP contribution in [-0.4, -0.2) is 108 Å². The van der Waals surface area contributed by atoms with Crippen LogP contribution in [0.5, 0.6) is 0 Å². The number of carbonyl (C=O) groups excluding carboxylic acids is 6. The van der Waals surface area contributed by atoms with E-state index in [2.05, 4.69) is 10.6 Å². The van der Waals surface area contributed by atoms with Gasteiger partial charge >= 0.3 is 5.97 Å². The normalized spacial score (nSPS) is 30.2. The summed E-state index contributed by atoms with van der Waals surface area (Å²) in [7, 11) is 3.08. The van der Waals surface area contributed by atoms with Crippen LogP contribution in [0.25, 0.3) is 0 Å². The first kappa shape index (κ1) is 37.0. The summed E-state index contributed by atoms with van der Waals surface area (Å²) in [5.41, 5.74) is 0. The fraction of sp³-hybridized carbons (Fsp3) is 0.812. The molecule has 2 heterocycles. The number of hydrogen-bond donors (Lipinski definition) is 2. The Labute approximate surface area is 263 Å². The summed E-state index contributed by atoms with van der Waals surface area (Å²) >= 11 is 0. The van der Waals surface area contributed by atoms with E-state index in [4.69, 9.17) is 4.74 Å². The molecule has 12 heteroatoms. The van der Waals surface area contributed by atoms with Crippen LogP contribution < -0.4 is 10.6 Å². The molecule has 3 unspecified atom stereocenters. The summed E-state index contributed by atoms with van der Waals surface area (Å²) < 4.78 is 5.64. The first-order chi connectivity index (χ1) is 20.6. The first-order valence-corrected chi connectivity index (χ1v) is 16.2. The standard InChI is InChI=1S/C32H55N5O7/c1-11-19(5)25-31(42)36(10)27(20(6)12-2)32(43)35(9)22(8)28(39)33-15-13-24(38)44-23(17-18(3)4)30(41)37-16-14-21(7)26(37)29(40)34-25/h18-23,25-27H,11-17H2,1-10H3,(H,33,39)(H,34,40)/t19?,20?,21-,22-,23+,25-,26-,27?/m0/s1. The number of ether oxygens (including phenoxy) is 1. The molecule has 0 aliphatic carbocycles. The molecule has 2 N–H and O–H groups in total. The van der Waals surface area contributed by atoms with Crippen molar-refractivity contribution in [1.82, 2.24) is 25.3 Å². The van der Waals surface area contributed by atoms with Gasteiger partial charge in [-0.25, -0.2) is 0 Å². The van der Waals surface area contributed by atoms with Crippen molar-refractivity contribution in [2.75, 3.05) is 27.2 Å². The fourth-order valence-corrected chi connectivity index (χ4v) is 5.93.